The molecule has 2 aliphatic heterocycles. The van der Waals surface area contributed by atoms with E-state index in [1.807, 2.05) is 0 Å². The van der Waals surface area contributed by atoms with Crippen molar-refractivity contribution in [1.29, 1.82) is 0 Å². The van der Waals surface area contributed by atoms with E-state index < -0.39 is 0 Å². The number of hydrogen-bond acceptors (Lipinski definition) is 2. The lowest BCUT2D eigenvalue weighted by atomic mass is 9.91. The summed E-state index contributed by atoms with van der Waals surface area (Å²) in [4.78, 5) is 4.89. The maximum absolute atomic E-state index is 2.52. The summed E-state index contributed by atoms with van der Waals surface area (Å²) in [5.74, 6) is 1.71. The van der Waals surface area contributed by atoms with Crippen molar-refractivity contribution in [3.05, 3.63) is 12.2 Å². The standard InChI is InChI=1S/C14H26N2/c1-15-9-5-13(6-10-15)3-4-14-7-11-16(2)12-8-14/h3-4,13-14H,5-12H2,1-2H3/b4-3+. The van der Waals surface area contributed by atoms with Crippen LogP contribution in [0.5, 0.6) is 0 Å². The fourth-order valence-electron chi connectivity index (χ4n) is 2.76. The Labute approximate surface area is 100 Å². The predicted molar refractivity (Wildman–Crippen MR) is 69.6 cm³/mol. The number of rotatable bonds is 2. The van der Waals surface area contributed by atoms with Gasteiger partial charge in [0.25, 0.3) is 0 Å². The summed E-state index contributed by atoms with van der Waals surface area (Å²) in [6, 6.07) is 0. The fourth-order valence-corrected chi connectivity index (χ4v) is 2.76. The van der Waals surface area contributed by atoms with Crippen molar-refractivity contribution in [3.63, 3.8) is 0 Å². The van der Waals surface area contributed by atoms with E-state index in [1.165, 1.54) is 51.9 Å². The third-order valence-electron chi connectivity index (χ3n) is 4.18. The Morgan fingerprint density at radius 2 is 1.00 bits per heavy atom. The maximum atomic E-state index is 2.52. The van der Waals surface area contributed by atoms with Crippen molar-refractivity contribution in [2.45, 2.75) is 25.7 Å². The Balaban J connectivity index is 1.72. The van der Waals surface area contributed by atoms with E-state index in [-0.39, 0.29) is 0 Å². The molecule has 0 radical (unpaired) electrons. The van der Waals surface area contributed by atoms with Crippen LogP contribution in [0.4, 0.5) is 0 Å². The Bertz CT molecular complexity index is 197. The smallest absolute Gasteiger partial charge is 0.00162 e. The van der Waals surface area contributed by atoms with E-state index in [0.29, 0.717) is 0 Å². The van der Waals surface area contributed by atoms with Gasteiger partial charge in [0.05, 0.1) is 0 Å². The van der Waals surface area contributed by atoms with Crippen molar-refractivity contribution in [2.24, 2.45) is 11.8 Å². The second-order valence-electron chi connectivity index (χ2n) is 5.67. The zero-order valence-electron chi connectivity index (χ0n) is 10.9. The molecule has 92 valence electrons. The second-order valence-corrected chi connectivity index (χ2v) is 5.67. The highest BCUT2D eigenvalue weighted by molar-refractivity contribution is 4.96. The Kier molecular flexibility index (Phi) is 4.42. The molecule has 0 N–H and O–H groups in total. The van der Waals surface area contributed by atoms with Gasteiger partial charge in [-0.1, -0.05) is 12.2 Å². The van der Waals surface area contributed by atoms with Gasteiger partial charge in [-0.2, -0.15) is 0 Å². The molecule has 0 amide bonds. The molecular formula is C14H26N2. The summed E-state index contributed by atoms with van der Waals surface area (Å²) in [7, 11) is 4.47. The van der Waals surface area contributed by atoms with Crippen LogP contribution in [-0.4, -0.2) is 50.1 Å². The Hall–Kier alpha value is -0.340. The number of likely N-dealkylation sites (tertiary alicyclic amines) is 2. The number of piperidine rings is 2. The van der Waals surface area contributed by atoms with Crippen LogP contribution >= 0.6 is 0 Å². The molecule has 2 rings (SSSR count). The first kappa shape index (κ1) is 12.1. The average Bonchev–Trinajstić information content (AvgIpc) is 2.30. The summed E-state index contributed by atoms with van der Waals surface area (Å²) < 4.78 is 0. The molecule has 0 aromatic rings. The molecule has 0 atom stereocenters. The van der Waals surface area contributed by atoms with Crippen molar-refractivity contribution in [1.82, 2.24) is 9.80 Å². The van der Waals surface area contributed by atoms with Crippen molar-refractivity contribution in [2.75, 3.05) is 40.3 Å². The van der Waals surface area contributed by atoms with E-state index in [4.69, 9.17) is 0 Å². The van der Waals surface area contributed by atoms with E-state index in [2.05, 4.69) is 36.0 Å². The average molecular weight is 222 g/mol. The van der Waals surface area contributed by atoms with Gasteiger partial charge in [0.1, 0.15) is 0 Å². The van der Waals surface area contributed by atoms with Gasteiger partial charge in [-0.05, 0) is 77.8 Å². The van der Waals surface area contributed by atoms with Crippen LogP contribution in [-0.2, 0) is 0 Å². The quantitative estimate of drug-likeness (QED) is 0.661. The van der Waals surface area contributed by atoms with Crippen LogP contribution in [0.2, 0.25) is 0 Å². The molecule has 0 saturated carbocycles. The van der Waals surface area contributed by atoms with Crippen molar-refractivity contribution < 1.29 is 0 Å². The minimum absolute atomic E-state index is 0.857. The Morgan fingerprint density at radius 3 is 1.31 bits per heavy atom. The lowest BCUT2D eigenvalue weighted by molar-refractivity contribution is 0.236. The van der Waals surface area contributed by atoms with Gasteiger partial charge in [0.2, 0.25) is 0 Å². The Morgan fingerprint density at radius 1 is 0.688 bits per heavy atom. The molecule has 2 heterocycles. The van der Waals surface area contributed by atoms with E-state index in [9.17, 15) is 0 Å². The van der Waals surface area contributed by atoms with E-state index >= 15 is 0 Å². The highest BCUT2D eigenvalue weighted by atomic mass is 15.1. The summed E-state index contributed by atoms with van der Waals surface area (Å²) in [5.41, 5.74) is 0. The number of allylic oxidation sites excluding steroid dienone is 2. The number of nitrogens with zero attached hydrogens (tertiary/aromatic N) is 2. The zero-order valence-corrected chi connectivity index (χ0v) is 10.9. The maximum Gasteiger partial charge on any atom is -0.00162 e. The topological polar surface area (TPSA) is 6.48 Å². The molecule has 2 nitrogen and oxygen atoms in total. The SMILES string of the molecule is CN1CCC(/C=C/C2CCN(C)CC2)CC1. The molecule has 2 aliphatic rings. The van der Waals surface area contributed by atoms with Gasteiger partial charge in [-0.3, -0.25) is 0 Å². The van der Waals surface area contributed by atoms with Gasteiger partial charge in [-0.25, -0.2) is 0 Å². The van der Waals surface area contributed by atoms with Gasteiger partial charge >= 0.3 is 0 Å². The zero-order chi connectivity index (χ0) is 11.4. The van der Waals surface area contributed by atoms with Crippen LogP contribution in [0.25, 0.3) is 0 Å². The fraction of sp³-hybridized carbons (Fsp3) is 0.857. The van der Waals surface area contributed by atoms with Gasteiger partial charge in [-0.15, -0.1) is 0 Å². The molecule has 0 bridgehead atoms. The predicted octanol–water partition coefficient (Wildman–Crippen LogP) is 2.23. The molecule has 0 aromatic heterocycles. The van der Waals surface area contributed by atoms with Gasteiger partial charge < -0.3 is 9.80 Å². The molecule has 0 spiro atoms. The van der Waals surface area contributed by atoms with E-state index in [0.717, 1.165) is 11.8 Å². The van der Waals surface area contributed by atoms with E-state index in [1.54, 1.807) is 0 Å². The monoisotopic (exact) mass is 222 g/mol. The highest BCUT2D eigenvalue weighted by Crippen LogP contribution is 2.21. The second kappa shape index (κ2) is 5.83. The molecule has 0 unspecified atom stereocenters. The molecule has 16 heavy (non-hydrogen) atoms. The van der Waals surface area contributed by atoms with Crippen LogP contribution < -0.4 is 0 Å². The summed E-state index contributed by atoms with van der Waals surface area (Å²) in [6.45, 7) is 5.12. The summed E-state index contributed by atoms with van der Waals surface area (Å²) in [6.07, 6.45) is 10.5. The first-order chi connectivity index (χ1) is 7.74. The summed E-state index contributed by atoms with van der Waals surface area (Å²) >= 11 is 0. The van der Waals surface area contributed by atoms with Crippen LogP contribution in [0, 0.1) is 11.8 Å². The van der Waals surface area contributed by atoms with Crippen LogP contribution in [0.15, 0.2) is 12.2 Å². The lowest BCUT2D eigenvalue weighted by Crippen LogP contribution is -2.30. The largest absolute Gasteiger partial charge is 0.306 e. The normalized spacial score (nSPS) is 27.9. The number of hydrogen-bond donors (Lipinski definition) is 0. The molecule has 2 heteroatoms. The third kappa shape index (κ3) is 3.60. The molecule has 0 aromatic carbocycles. The third-order valence-corrected chi connectivity index (χ3v) is 4.18. The minimum Gasteiger partial charge on any atom is -0.306 e. The molecule has 2 saturated heterocycles. The highest BCUT2D eigenvalue weighted by Gasteiger charge is 2.16. The molecular weight excluding hydrogens is 196 g/mol. The first-order valence-electron chi connectivity index (χ1n) is 6.79. The summed E-state index contributed by atoms with van der Waals surface area (Å²) in [5, 5.41) is 0. The van der Waals surface area contributed by atoms with Crippen LogP contribution in [0.3, 0.4) is 0 Å². The lowest BCUT2D eigenvalue weighted by Gasteiger charge is -2.29. The first-order valence-corrected chi connectivity index (χ1v) is 6.79. The van der Waals surface area contributed by atoms with Crippen molar-refractivity contribution in [3.8, 4) is 0 Å². The van der Waals surface area contributed by atoms with Gasteiger partial charge in [0.15, 0.2) is 0 Å². The van der Waals surface area contributed by atoms with Gasteiger partial charge in [0, 0.05) is 0 Å². The van der Waals surface area contributed by atoms with Crippen molar-refractivity contribution >= 4 is 0 Å². The minimum atomic E-state index is 0.857. The molecule has 2 fully saturated rings. The van der Waals surface area contributed by atoms with Crippen LogP contribution in [0.1, 0.15) is 25.7 Å². The molecule has 0 aliphatic carbocycles.